The smallest absolute Gasteiger partial charge is 0.305 e. The van der Waals surface area contributed by atoms with E-state index in [-0.39, 0.29) is 23.0 Å². The van der Waals surface area contributed by atoms with Gasteiger partial charge in [-0.3, -0.25) is 9.59 Å². The van der Waals surface area contributed by atoms with Gasteiger partial charge in [0.05, 0.1) is 16.3 Å². The van der Waals surface area contributed by atoms with E-state index in [2.05, 4.69) is 31.9 Å². The molecule has 0 spiro atoms. The molecule has 0 aliphatic carbocycles. The van der Waals surface area contributed by atoms with Crippen LogP contribution in [0.2, 0.25) is 0 Å². The first kappa shape index (κ1) is 14.9. The number of ether oxygens (including phenoxy) is 1. The third kappa shape index (κ3) is 4.89. The Bertz CT molecular complexity index is 403. The first-order chi connectivity index (χ1) is 8.04. The summed E-state index contributed by atoms with van der Waals surface area (Å²) in [4.78, 5) is 23.4. The van der Waals surface area contributed by atoms with E-state index >= 15 is 0 Å². The first-order valence-electron chi connectivity index (χ1n) is 5.12. The molecule has 0 aliphatic heterocycles. The lowest BCUT2D eigenvalue weighted by molar-refractivity contribution is -0.143. The van der Waals surface area contributed by atoms with E-state index in [0.717, 1.165) is 4.47 Å². The molecule has 0 aromatic carbocycles. The lowest BCUT2D eigenvalue weighted by Gasteiger charge is -2.06. The van der Waals surface area contributed by atoms with E-state index in [1.54, 1.807) is 13.0 Å². The molecule has 0 radical (unpaired) electrons. The van der Waals surface area contributed by atoms with Crippen molar-refractivity contribution >= 4 is 54.9 Å². The highest BCUT2D eigenvalue weighted by Crippen LogP contribution is 2.24. The number of hydrogen-bond donors (Lipinski definition) is 0. The molecule has 1 aromatic heterocycles. The summed E-state index contributed by atoms with van der Waals surface area (Å²) in [5.74, 6) is -0.262. The van der Waals surface area contributed by atoms with Gasteiger partial charge in [0, 0.05) is 16.3 Å². The molecule has 17 heavy (non-hydrogen) atoms. The Morgan fingerprint density at radius 3 is 2.76 bits per heavy atom. The van der Waals surface area contributed by atoms with Gasteiger partial charge in [-0.1, -0.05) is 15.9 Å². The van der Waals surface area contributed by atoms with Gasteiger partial charge in [0.2, 0.25) is 0 Å². The zero-order chi connectivity index (χ0) is 12.8. The topological polar surface area (TPSA) is 43.4 Å². The van der Waals surface area contributed by atoms with Crippen molar-refractivity contribution in [1.82, 2.24) is 0 Å². The summed E-state index contributed by atoms with van der Waals surface area (Å²) >= 11 is 7.99. The second kappa shape index (κ2) is 7.28. The highest BCUT2D eigenvalue weighted by atomic mass is 79.9. The number of Topliss-reactive ketones (excluding diaryl/α,β-unsaturated/α-hetero) is 1. The Kier molecular flexibility index (Phi) is 6.37. The quantitative estimate of drug-likeness (QED) is 0.426. The summed E-state index contributed by atoms with van der Waals surface area (Å²) in [5.41, 5.74) is 0. The molecule has 0 saturated heterocycles. The Morgan fingerprint density at radius 2 is 2.24 bits per heavy atom. The molecule has 0 aliphatic rings. The molecule has 1 rings (SSSR count). The van der Waals surface area contributed by atoms with Gasteiger partial charge in [0.15, 0.2) is 5.78 Å². The van der Waals surface area contributed by atoms with Gasteiger partial charge in [0.25, 0.3) is 0 Å². The Morgan fingerprint density at radius 1 is 1.53 bits per heavy atom. The highest BCUT2D eigenvalue weighted by molar-refractivity contribution is 9.10. The van der Waals surface area contributed by atoms with Crippen LogP contribution in [0.5, 0.6) is 0 Å². The molecule has 1 heterocycles. The Labute approximate surface area is 121 Å². The maximum absolute atomic E-state index is 11.9. The first-order valence-corrected chi connectivity index (χ1v) is 7.71. The Balaban J connectivity index is 2.45. The molecule has 3 nitrogen and oxygen atoms in total. The van der Waals surface area contributed by atoms with Crippen LogP contribution < -0.4 is 0 Å². The fourth-order valence-electron chi connectivity index (χ4n) is 1.21. The van der Waals surface area contributed by atoms with Crippen molar-refractivity contribution in [3.05, 3.63) is 20.8 Å². The molecule has 0 bridgehead atoms. The summed E-state index contributed by atoms with van der Waals surface area (Å²) in [6.07, 6.45) is 0.704. The largest absolute Gasteiger partial charge is 0.466 e. The average Bonchev–Trinajstić information content (AvgIpc) is 2.72. The number of halogens is 2. The normalized spacial score (nSPS) is 12.2. The number of hydrogen-bond acceptors (Lipinski definition) is 4. The standard InChI is InChI=1S/C11H12Br2O3S/c1-2-16-10(14)4-3-8(13)11(15)9-5-7(12)6-17-9/h5-6,8H,2-4H2,1H3. The fraction of sp³-hybridized carbons (Fsp3) is 0.455. The Hall–Kier alpha value is -0.200. The molecule has 94 valence electrons. The van der Waals surface area contributed by atoms with Crippen molar-refractivity contribution in [3.63, 3.8) is 0 Å². The third-order valence-corrected chi connectivity index (χ3v) is 4.58. The molecular formula is C11H12Br2O3S. The van der Waals surface area contributed by atoms with E-state index in [1.807, 2.05) is 5.38 Å². The van der Waals surface area contributed by atoms with Crippen LogP contribution in [0.3, 0.4) is 0 Å². The summed E-state index contributed by atoms with van der Waals surface area (Å²) in [7, 11) is 0. The molecule has 0 saturated carbocycles. The van der Waals surface area contributed by atoms with Crippen LogP contribution in [-0.2, 0) is 9.53 Å². The van der Waals surface area contributed by atoms with Crippen LogP contribution in [0.4, 0.5) is 0 Å². The predicted octanol–water partition coefficient (Wildman–Crippen LogP) is 3.80. The summed E-state index contributed by atoms with van der Waals surface area (Å²) < 4.78 is 5.70. The second-order valence-electron chi connectivity index (χ2n) is 3.30. The van der Waals surface area contributed by atoms with Gasteiger partial charge in [-0.25, -0.2) is 0 Å². The van der Waals surface area contributed by atoms with E-state index < -0.39 is 0 Å². The average molecular weight is 384 g/mol. The summed E-state index contributed by atoms with van der Waals surface area (Å²) in [6.45, 7) is 2.13. The number of ketones is 1. The van der Waals surface area contributed by atoms with E-state index in [4.69, 9.17) is 4.74 Å². The number of alkyl halides is 1. The van der Waals surface area contributed by atoms with Gasteiger partial charge in [-0.15, -0.1) is 11.3 Å². The van der Waals surface area contributed by atoms with Crippen molar-refractivity contribution in [1.29, 1.82) is 0 Å². The van der Waals surface area contributed by atoms with Crippen LogP contribution in [0.25, 0.3) is 0 Å². The number of carbonyl (C=O) groups excluding carboxylic acids is 2. The predicted molar refractivity (Wildman–Crippen MR) is 74.9 cm³/mol. The number of thiophene rings is 1. The van der Waals surface area contributed by atoms with E-state index in [1.165, 1.54) is 11.3 Å². The molecule has 1 atom stereocenters. The number of rotatable bonds is 6. The molecular weight excluding hydrogens is 372 g/mol. The molecule has 1 unspecified atom stereocenters. The van der Waals surface area contributed by atoms with E-state index in [9.17, 15) is 9.59 Å². The lowest BCUT2D eigenvalue weighted by Crippen LogP contribution is -2.15. The van der Waals surface area contributed by atoms with Crippen LogP contribution in [0.15, 0.2) is 15.9 Å². The monoisotopic (exact) mass is 382 g/mol. The molecule has 0 N–H and O–H groups in total. The van der Waals surface area contributed by atoms with Crippen molar-refractivity contribution in [2.24, 2.45) is 0 Å². The van der Waals surface area contributed by atoms with Crippen molar-refractivity contribution in [2.45, 2.75) is 24.6 Å². The highest BCUT2D eigenvalue weighted by Gasteiger charge is 2.19. The van der Waals surface area contributed by atoms with Gasteiger partial charge in [-0.05, 0) is 35.3 Å². The summed E-state index contributed by atoms with van der Waals surface area (Å²) in [5, 5.41) is 1.86. The van der Waals surface area contributed by atoms with Crippen LogP contribution in [0, 0.1) is 0 Å². The molecule has 1 aromatic rings. The van der Waals surface area contributed by atoms with Gasteiger partial charge in [-0.2, -0.15) is 0 Å². The van der Waals surface area contributed by atoms with Crippen molar-refractivity contribution in [3.8, 4) is 0 Å². The fourth-order valence-corrected chi connectivity index (χ4v) is 3.25. The van der Waals surface area contributed by atoms with Crippen molar-refractivity contribution < 1.29 is 14.3 Å². The van der Waals surface area contributed by atoms with Gasteiger partial charge < -0.3 is 4.74 Å². The zero-order valence-corrected chi connectivity index (χ0v) is 13.2. The number of carbonyl (C=O) groups is 2. The number of esters is 1. The third-order valence-electron chi connectivity index (χ3n) is 2.00. The van der Waals surface area contributed by atoms with E-state index in [0.29, 0.717) is 17.9 Å². The lowest BCUT2D eigenvalue weighted by atomic mass is 10.1. The van der Waals surface area contributed by atoms with Crippen LogP contribution >= 0.6 is 43.2 Å². The maximum Gasteiger partial charge on any atom is 0.305 e. The van der Waals surface area contributed by atoms with Gasteiger partial charge in [0.1, 0.15) is 0 Å². The second-order valence-corrected chi connectivity index (χ2v) is 6.24. The maximum atomic E-state index is 11.9. The van der Waals surface area contributed by atoms with Crippen LogP contribution in [0.1, 0.15) is 29.4 Å². The van der Waals surface area contributed by atoms with Gasteiger partial charge >= 0.3 is 5.97 Å². The summed E-state index contributed by atoms with van der Waals surface area (Å²) in [6, 6.07) is 1.78. The SMILES string of the molecule is CCOC(=O)CCC(Br)C(=O)c1cc(Br)cs1. The van der Waals surface area contributed by atoms with Crippen LogP contribution in [-0.4, -0.2) is 23.2 Å². The van der Waals surface area contributed by atoms with Crippen molar-refractivity contribution in [2.75, 3.05) is 6.61 Å². The minimum atomic E-state index is -0.336. The minimum absolute atomic E-state index is 0.00463. The molecule has 6 heteroatoms. The molecule has 0 fully saturated rings. The minimum Gasteiger partial charge on any atom is -0.466 e. The molecule has 0 amide bonds. The zero-order valence-electron chi connectivity index (χ0n) is 9.24.